The first-order chi connectivity index (χ1) is 9.88. The van der Waals surface area contributed by atoms with E-state index in [2.05, 4.69) is 0 Å². The van der Waals surface area contributed by atoms with E-state index in [-0.39, 0.29) is 30.9 Å². The van der Waals surface area contributed by atoms with Gasteiger partial charge in [-0.3, -0.25) is 4.79 Å². The van der Waals surface area contributed by atoms with Crippen LogP contribution in [0.1, 0.15) is 0 Å². The van der Waals surface area contributed by atoms with Crippen LogP contribution in [0.5, 0.6) is 5.75 Å². The molecule has 0 saturated carbocycles. The molecule has 21 heavy (non-hydrogen) atoms. The number of nitrogens with zero attached hydrogens (tertiary/aromatic N) is 2. The fourth-order valence-corrected chi connectivity index (χ4v) is 2.30. The van der Waals surface area contributed by atoms with Gasteiger partial charge < -0.3 is 19.6 Å². The van der Waals surface area contributed by atoms with E-state index in [1.54, 1.807) is 0 Å². The fraction of sp³-hybridized carbons (Fsp3) is 0.500. The van der Waals surface area contributed by atoms with E-state index in [0.717, 1.165) is 12.1 Å². The lowest BCUT2D eigenvalue weighted by atomic mass is 10.2. The number of amides is 1. The Kier molecular flexibility index (Phi) is 4.74. The minimum Gasteiger partial charge on any atom is -0.481 e. The molecule has 7 heteroatoms. The van der Waals surface area contributed by atoms with Crippen molar-refractivity contribution in [3.05, 3.63) is 29.8 Å². The van der Waals surface area contributed by atoms with E-state index in [4.69, 9.17) is 4.74 Å². The highest BCUT2D eigenvalue weighted by molar-refractivity contribution is 5.78. The van der Waals surface area contributed by atoms with E-state index in [1.165, 1.54) is 4.90 Å². The summed E-state index contributed by atoms with van der Waals surface area (Å²) in [5, 5.41) is 9.86. The summed E-state index contributed by atoms with van der Waals surface area (Å²) in [6.07, 6.45) is -0.619. The second-order valence-electron chi connectivity index (χ2n) is 5.26. The lowest BCUT2D eigenvalue weighted by molar-refractivity contribution is -0.132. The van der Waals surface area contributed by atoms with Gasteiger partial charge in [0.05, 0.1) is 12.1 Å². The lowest BCUT2D eigenvalue weighted by Gasteiger charge is -2.21. The zero-order chi connectivity index (χ0) is 15.6. The molecule has 1 amide bonds. The first-order valence-corrected chi connectivity index (χ1v) is 6.58. The number of β-amino-alcohol motifs (C(OH)–C–C–N with tert-alkyl or cyclic N) is 1. The molecular weight excluding hydrogens is 282 g/mol. The number of hydrogen-bond donors (Lipinski definition) is 1. The molecule has 1 fully saturated rings. The van der Waals surface area contributed by atoms with E-state index < -0.39 is 17.7 Å². The molecule has 1 N–H and O–H groups in total. The van der Waals surface area contributed by atoms with Crippen molar-refractivity contribution in [3.63, 3.8) is 0 Å². The molecule has 2 rings (SSSR count). The molecule has 0 spiro atoms. The molecule has 0 bridgehead atoms. The quantitative estimate of drug-likeness (QED) is 0.878. The number of likely N-dealkylation sites (tertiary alicyclic amines) is 1. The third kappa shape index (κ3) is 3.68. The highest BCUT2D eigenvalue weighted by Gasteiger charge is 2.35. The molecule has 1 heterocycles. The van der Waals surface area contributed by atoms with Crippen molar-refractivity contribution in [3.8, 4) is 5.75 Å². The van der Waals surface area contributed by atoms with Crippen LogP contribution in [-0.4, -0.2) is 66.8 Å². The zero-order valence-corrected chi connectivity index (χ0v) is 11.9. The van der Waals surface area contributed by atoms with Crippen LogP contribution in [0.2, 0.25) is 0 Å². The molecule has 0 radical (unpaired) electrons. The van der Waals surface area contributed by atoms with E-state index in [0.29, 0.717) is 12.6 Å². The van der Waals surface area contributed by atoms with Crippen molar-refractivity contribution in [2.75, 3.05) is 33.8 Å². The van der Waals surface area contributed by atoms with Crippen molar-refractivity contribution in [1.82, 2.24) is 9.80 Å². The van der Waals surface area contributed by atoms with Crippen molar-refractivity contribution in [2.24, 2.45) is 0 Å². The third-order valence-electron chi connectivity index (χ3n) is 3.52. The van der Waals surface area contributed by atoms with Gasteiger partial charge in [0.2, 0.25) is 0 Å². The van der Waals surface area contributed by atoms with Gasteiger partial charge in [-0.25, -0.2) is 8.78 Å². The number of carbonyl (C=O) groups excluding carboxylic acids is 1. The highest BCUT2D eigenvalue weighted by Crippen LogP contribution is 2.18. The minimum absolute atomic E-state index is 0.128. The Hall–Kier alpha value is -1.73. The molecular formula is C14H18F2N2O3. The first-order valence-electron chi connectivity index (χ1n) is 6.58. The monoisotopic (exact) mass is 300 g/mol. The fourth-order valence-electron chi connectivity index (χ4n) is 2.30. The Labute approximate surface area is 121 Å². The Bertz CT molecular complexity index is 525. The summed E-state index contributed by atoms with van der Waals surface area (Å²) in [6, 6.07) is 2.77. The summed E-state index contributed by atoms with van der Waals surface area (Å²) in [5.74, 6) is -2.08. The molecule has 116 valence electrons. The summed E-state index contributed by atoms with van der Waals surface area (Å²) in [6.45, 7) is 0.259. The molecule has 1 aromatic rings. The number of benzene rings is 1. The van der Waals surface area contributed by atoms with Crippen LogP contribution in [-0.2, 0) is 4.79 Å². The van der Waals surface area contributed by atoms with Crippen LogP contribution in [0.25, 0.3) is 0 Å². The van der Waals surface area contributed by atoms with Gasteiger partial charge in [-0.2, -0.15) is 0 Å². The molecule has 0 unspecified atom stereocenters. The van der Waals surface area contributed by atoms with Crippen LogP contribution >= 0.6 is 0 Å². The molecule has 5 nitrogen and oxygen atoms in total. The highest BCUT2D eigenvalue weighted by atomic mass is 19.1. The Morgan fingerprint density at radius 2 is 2.14 bits per heavy atom. The number of aliphatic hydroxyl groups is 1. The summed E-state index contributed by atoms with van der Waals surface area (Å²) in [5.41, 5.74) is 0. The zero-order valence-electron chi connectivity index (χ0n) is 11.9. The third-order valence-corrected chi connectivity index (χ3v) is 3.52. The van der Waals surface area contributed by atoms with E-state index >= 15 is 0 Å². The summed E-state index contributed by atoms with van der Waals surface area (Å²) in [4.78, 5) is 15.3. The summed E-state index contributed by atoms with van der Waals surface area (Å²) >= 11 is 0. The number of carbonyl (C=O) groups is 1. The van der Waals surface area contributed by atoms with Gasteiger partial charge in [0.15, 0.2) is 18.2 Å². The van der Waals surface area contributed by atoms with Gasteiger partial charge in [0.1, 0.15) is 5.82 Å². The largest absolute Gasteiger partial charge is 0.481 e. The standard InChI is InChI=1S/C14H18F2N2O3/c1-17(2)11-6-18(7-12(11)19)14(20)8-21-13-4-3-9(15)5-10(13)16/h3-5,11-12,19H,6-8H2,1-2H3/t11-,12-/m0/s1. The van der Waals surface area contributed by atoms with Crippen LogP contribution in [0, 0.1) is 11.6 Å². The maximum atomic E-state index is 13.4. The number of aliphatic hydroxyl groups excluding tert-OH is 1. The molecule has 1 aliphatic rings. The number of ether oxygens (including phenoxy) is 1. The van der Waals surface area contributed by atoms with Crippen LogP contribution in [0.15, 0.2) is 18.2 Å². The van der Waals surface area contributed by atoms with E-state index in [9.17, 15) is 18.7 Å². The first kappa shape index (κ1) is 15.7. The lowest BCUT2D eigenvalue weighted by Crippen LogP contribution is -2.38. The molecule has 0 aliphatic carbocycles. The Morgan fingerprint density at radius 3 is 2.71 bits per heavy atom. The molecule has 2 atom stereocenters. The number of halogens is 2. The smallest absolute Gasteiger partial charge is 0.260 e. The van der Waals surface area contributed by atoms with Gasteiger partial charge in [0, 0.05) is 19.2 Å². The summed E-state index contributed by atoms with van der Waals surface area (Å²) in [7, 11) is 3.65. The van der Waals surface area contributed by atoms with Gasteiger partial charge in [-0.15, -0.1) is 0 Å². The van der Waals surface area contributed by atoms with Crippen molar-refractivity contribution in [2.45, 2.75) is 12.1 Å². The average Bonchev–Trinajstić information content (AvgIpc) is 2.80. The molecule has 1 aliphatic heterocycles. The van der Waals surface area contributed by atoms with Gasteiger partial charge in [-0.05, 0) is 26.2 Å². The maximum absolute atomic E-state index is 13.4. The number of likely N-dealkylation sites (N-methyl/N-ethyl adjacent to an activating group) is 1. The average molecular weight is 300 g/mol. The second-order valence-corrected chi connectivity index (χ2v) is 5.26. The Balaban J connectivity index is 1.91. The van der Waals surface area contributed by atoms with Crippen molar-refractivity contribution in [1.29, 1.82) is 0 Å². The maximum Gasteiger partial charge on any atom is 0.260 e. The van der Waals surface area contributed by atoms with Crippen molar-refractivity contribution >= 4 is 5.91 Å². The van der Waals surface area contributed by atoms with Gasteiger partial charge in [0.25, 0.3) is 5.91 Å². The second kappa shape index (κ2) is 6.36. The number of hydrogen-bond acceptors (Lipinski definition) is 4. The van der Waals surface area contributed by atoms with Crippen LogP contribution < -0.4 is 4.74 Å². The van der Waals surface area contributed by atoms with Crippen LogP contribution in [0.4, 0.5) is 8.78 Å². The van der Waals surface area contributed by atoms with Gasteiger partial charge in [-0.1, -0.05) is 0 Å². The van der Waals surface area contributed by atoms with Crippen molar-refractivity contribution < 1.29 is 23.4 Å². The topological polar surface area (TPSA) is 53.0 Å². The van der Waals surface area contributed by atoms with Crippen LogP contribution in [0.3, 0.4) is 0 Å². The SMILES string of the molecule is CN(C)[C@H]1CN(C(=O)COc2ccc(F)cc2F)C[C@@H]1O. The predicted molar refractivity (Wildman–Crippen MR) is 71.9 cm³/mol. The van der Waals surface area contributed by atoms with Gasteiger partial charge >= 0.3 is 0 Å². The number of rotatable bonds is 4. The normalized spacial score (nSPS) is 21.9. The minimum atomic E-state index is -0.851. The molecule has 0 aromatic heterocycles. The predicted octanol–water partition coefficient (Wildman–Crippen LogP) is 0.477. The molecule has 1 aromatic carbocycles. The molecule has 1 saturated heterocycles. The summed E-state index contributed by atoms with van der Waals surface area (Å²) < 4.78 is 31.2. The van der Waals surface area contributed by atoms with E-state index in [1.807, 2.05) is 19.0 Å². The Morgan fingerprint density at radius 1 is 1.43 bits per heavy atom.